The summed E-state index contributed by atoms with van der Waals surface area (Å²) >= 11 is 0. The van der Waals surface area contributed by atoms with Crippen molar-refractivity contribution in [2.45, 2.75) is 21.9 Å². The molecule has 1 aliphatic carbocycles. The van der Waals surface area contributed by atoms with Crippen LogP contribution in [0.25, 0.3) is 11.1 Å². The van der Waals surface area contributed by atoms with Gasteiger partial charge in [0.2, 0.25) is 15.7 Å². The van der Waals surface area contributed by atoms with E-state index in [2.05, 4.69) is 5.32 Å². The summed E-state index contributed by atoms with van der Waals surface area (Å²) < 4.78 is 68.2. The quantitative estimate of drug-likeness (QED) is 0.291. The van der Waals surface area contributed by atoms with Gasteiger partial charge in [0.25, 0.3) is 5.91 Å². The van der Waals surface area contributed by atoms with Gasteiger partial charge in [0.15, 0.2) is 0 Å². The van der Waals surface area contributed by atoms with Gasteiger partial charge in [-0.25, -0.2) is 8.42 Å². The number of hydrogen-bond acceptors (Lipinski definition) is 5. The number of nitrogens with zero attached hydrogens (tertiary/aromatic N) is 1. The Morgan fingerprint density at radius 1 is 0.833 bits per heavy atom. The van der Waals surface area contributed by atoms with Gasteiger partial charge in [-0.3, -0.25) is 9.59 Å². The number of rotatable bonds is 8. The minimum absolute atomic E-state index is 0.107. The van der Waals surface area contributed by atoms with Crippen LogP contribution in [0, 0.1) is 0 Å². The third-order valence-electron chi connectivity index (χ3n) is 6.99. The standard InChI is InChI=1S/C31H26F3N3O4S/c32-31(33,34)19-37(18-17-35)30(39)28-25-10-5-4-9-23(25)24-11-6-12-26(27(24)28)42(40,41)22-15-13-21(14-16-22)36-29(38)20-7-2-1-3-8-20/h1-16,28H,17-19,35H2,(H,36,38). The van der Waals surface area contributed by atoms with Crippen molar-refractivity contribution < 1.29 is 31.2 Å². The number of hydrogen-bond donors (Lipinski definition) is 2. The summed E-state index contributed by atoms with van der Waals surface area (Å²) in [6, 6.07) is 25.3. The van der Waals surface area contributed by atoms with Crippen molar-refractivity contribution >= 4 is 27.3 Å². The number of amides is 2. The second kappa shape index (κ2) is 11.4. The van der Waals surface area contributed by atoms with Gasteiger partial charge < -0.3 is 16.0 Å². The molecule has 0 heterocycles. The molecule has 11 heteroatoms. The van der Waals surface area contributed by atoms with Gasteiger partial charge in [0, 0.05) is 24.3 Å². The van der Waals surface area contributed by atoms with E-state index < -0.39 is 34.4 Å². The number of halogens is 3. The van der Waals surface area contributed by atoms with Crippen LogP contribution in [0.1, 0.15) is 27.4 Å². The van der Waals surface area contributed by atoms with E-state index in [1.807, 2.05) is 0 Å². The molecule has 0 aliphatic heterocycles. The summed E-state index contributed by atoms with van der Waals surface area (Å²) in [5, 5.41) is 2.71. The van der Waals surface area contributed by atoms with Gasteiger partial charge in [0.1, 0.15) is 6.54 Å². The Labute approximate surface area is 240 Å². The van der Waals surface area contributed by atoms with Crippen LogP contribution in [0.15, 0.2) is 107 Å². The average molecular weight is 594 g/mol. The lowest BCUT2D eigenvalue weighted by atomic mass is 9.95. The number of alkyl halides is 3. The first-order valence-electron chi connectivity index (χ1n) is 13.0. The topological polar surface area (TPSA) is 110 Å². The van der Waals surface area contributed by atoms with E-state index in [-0.39, 0.29) is 34.4 Å². The van der Waals surface area contributed by atoms with Gasteiger partial charge in [0.05, 0.1) is 15.7 Å². The van der Waals surface area contributed by atoms with Crippen LogP contribution >= 0.6 is 0 Å². The molecule has 0 spiro atoms. The van der Waals surface area contributed by atoms with Crippen LogP contribution in [0.4, 0.5) is 18.9 Å². The first kappa shape index (κ1) is 29.0. The zero-order valence-electron chi connectivity index (χ0n) is 22.1. The molecular formula is C31H26F3N3O4S. The van der Waals surface area contributed by atoms with Crippen LogP contribution in [-0.2, 0) is 14.6 Å². The zero-order chi connectivity index (χ0) is 30.1. The minimum atomic E-state index is -4.67. The van der Waals surface area contributed by atoms with E-state index in [0.717, 1.165) is 0 Å². The lowest BCUT2D eigenvalue weighted by Crippen LogP contribution is -2.44. The molecule has 4 aromatic carbocycles. The van der Waals surface area contributed by atoms with Gasteiger partial charge >= 0.3 is 6.18 Å². The van der Waals surface area contributed by atoms with Crippen LogP contribution in [-0.4, -0.2) is 50.9 Å². The summed E-state index contributed by atoms with van der Waals surface area (Å²) in [7, 11) is -4.25. The third-order valence-corrected chi connectivity index (χ3v) is 8.82. The number of nitrogens with two attached hydrogens (primary N) is 1. The molecule has 3 N–H and O–H groups in total. The third kappa shape index (κ3) is 5.65. The van der Waals surface area contributed by atoms with Crippen LogP contribution in [0.2, 0.25) is 0 Å². The molecule has 0 aromatic heterocycles. The van der Waals surface area contributed by atoms with Crippen molar-refractivity contribution in [1.82, 2.24) is 4.90 Å². The predicted octanol–water partition coefficient (Wildman–Crippen LogP) is 5.23. The minimum Gasteiger partial charge on any atom is -0.332 e. The van der Waals surface area contributed by atoms with Crippen molar-refractivity contribution in [3.8, 4) is 11.1 Å². The van der Waals surface area contributed by atoms with E-state index in [1.165, 1.54) is 36.4 Å². The molecule has 0 fully saturated rings. The van der Waals surface area contributed by atoms with Gasteiger partial charge in [-0.05, 0) is 64.7 Å². The number of anilines is 1. The van der Waals surface area contributed by atoms with Gasteiger partial charge in [-0.15, -0.1) is 0 Å². The molecule has 4 aromatic rings. The highest BCUT2D eigenvalue weighted by atomic mass is 32.2. The smallest absolute Gasteiger partial charge is 0.332 e. The SMILES string of the molecule is NCCN(CC(F)(F)F)C(=O)C1c2ccccc2-c2cccc(S(=O)(=O)c3ccc(NC(=O)c4ccccc4)cc3)c21. The van der Waals surface area contributed by atoms with E-state index in [4.69, 9.17) is 5.73 Å². The monoisotopic (exact) mass is 593 g/mol. The maximum Gasteiger partial charge on any atom is 0.406 e. The van der Waals surface area contributed by atoms with Crippen molar-refractivity contribution in [2.24, 2.45) is 5.73 Å². The highest BCUT2D eigenvalue weighted by Gasteiger charge is 2.42. The maximum atomic E-state index is 14.0. The molecule has 216 valence electrons. The Hall–Kier alpha value is -4.48. The average Bonchev–Trinajstić information content (AvgIpc) is 3.31. The lowest BCUT2D eigenvalue weighted by molar-refractivity contribution is -0.161. The fraction of sp³-hybridized carbons (Fsp3) is 0.161. The van der Waals surface area contributed by atoms with Crippen molar-refractivity contribution in [2.75, 3.05) is 25.0 Å². The lowest BCUT2D eigenvalue weighted by Gasteiger charge is -2.27. The Bertz CT molecular complexity index is 1740. The first-order valence-corrected chi connectivity index (χ1v) is 14.5. The van der Waals surface area contributed by atoms with Crippen LogP contribution in [0.5, 0.6) is 0 Å². The number of nitrogens with one attached hydrogen (secondary N) is 1. The molecule has 7 nitrogen and oxygen atoms in total. The largest absolute Gasteiger partial charge is 0.406 e. The normalized spacial score (nSPS) is 14.1. The van der Waals surface area contributed by atoms with Crippen LogP contribution < -0.4 is 11.1 Å². The number of sulfone groups is 1. The molecule has 0 radical (unpaired) electrons. The predicted molar refractivity (Wildman–Crippen MR) is 152 cm³/mol. The molecule has 1 aliphatic rings. The Morgan fingerprint density at radius 2 is 1.48 bits per heavy atom. The maximum absolute atomic E-state index is 14.0. The summed E-state index contributed by atoms with van der Waals surface area (Å²) in [4.78, 5) is 26.6. The molecular weight excluding hydrogens is 567 g/mol. The zero-order valence-corrected chi connectivity index (χ0v) is 23.0. The Kier molecular flexibility index (Phi) is 7.89. The molecule has 2 amide bonds. The molecule has 0 bridgehead atoms. The fourth-order valence-corrected chi connectivity index (χ4v) is 6.70. The van der Waals surface area contributed by atoms with E-state index >= 15 is 0 Å². The fourth-order valence-electron chi connectivity index (χ4n) is 5.18. The molecule has 0 saturated carbocycles. The van der Waals surface area contributed by atoms with Crippen molar-refractivity contribution in [3.63, 3.8) is 0 Å². The van der Waals surface area contributed by atoms with Crippen molar-refractivity contribution in [1.29, 1.82) is 0 Å². The molecule has 1 unspecified atom stereocenters. The highest BCUT2D eigenvalue weighted by Crippen LogP contribution is 2.49. The van der Waals surface area contributed by atoms with E-state index in [9.17, 15) is 31.2 Å². The molecule has 5 rings (SSSR count). The second-order valence-corrected chi connectivity index (χ2v) is 11.7. The van der Waals surface area contributed by atoms with E-state index in [0.29, 0.717) is 32.8 Å². The summed E-state index contributed by atoms with van der Waals surface area (Å²) in [5.74, 6) is -2.53. The summed E-state index contributed by atoms with van der Waals surface area (Å²) in [5.41, 5.74) is 7.90. The Morgan fingerprint density at radius 3 is 2.14 bits per heavy atom. The number of carbonyl (C=O) groups is 2. The number of carbonyl (C=O) groups excluding carboxylic acids is 2. The first-order chi connectivity index (χ1) is 20.0. The summed E-state index contributed by atoms with van der Waals surface area (Å²) in [6.45, 7) is -2.06. The molecule has 0 saturated heterocycles. The number of benzene rings is 4. The van der Waals surface area contributed by atoms with E-state index in [1.54, 1.807) is 60.7 Å². The summed E-state index contributed by atoms with van der Waals surface area (Å²) in [6.07, 6.45) is -4.67. The van der Waals surface area contributed by atoms with Crippen LogP contribution in [0.3, 0.4) is 0 Å². The molecule has 42 heavy (non-hydrogen) atoms. The molecule has 1 atom stereocenters. The number of fused-ring (bicyclic) bond motifs is 3. The van der Waals surface area contributed by atoms with Gasteiger partial charge in [-0.1, -0.05) is 54.6 Å². The Balaban J connectivity index is 1.54. The van der Waals surface area contributed by atoms with Gasteiger partial charge in [-0.2, -0.15) is 13.2 Å². The van der Waals surface area contributed by atoms with Crippen molar-refractivity contribution in [3.05, 3.63) is 114 Å². The highest BCUT2D eigenvalue weighted by molar-refractivity contribution is 7.91. The second-order valence-electron chi connectivity index (χ2n) is 9.75.